The number of fused-ring (bicyclic) bond motifs is 3. The quantitative estimate of drug-likeness (QED) is 0.414. The number of aromatic nitrogens is 1. The molecule has 0 bridgehead atoms. The zero-order valence-corrected chi connectivity index (χ0v) is 16.4. The molecule has 0 aliphatic heterocycles. The van der Waals surface area contributed by atoms with Gasteiger partial charge in [0.1, 0.15) is 10.6 Å². The number of nitrogens with zero attached hydrogens (tertiary/aromatic N) is 1. The molecule has 1 aliphatic rings. The molecule has 3 heteroatoms. The summed E-state index contributed by atoms with van der Waals surface area (Å²) in [5, 5.41) is 1.36. The minimum atomic E-state index is 0.861. The lowest BCUT2D eigenvalue weighted by atomic mass is 9.97. The minimum absolute atomic E-state index is 0.861. The summed E-state index contributed by atoms with van der Waals surface area (Å²) in [4.78, 5) is 7.74. The molecule has 0 unspecified atom stereocenters. The van der Waals surface area contributed by atoms with E-state index in [9.17, 15) is 0 Å². The summed E-state index contributed by atoms with van der Waals surface area (Å²) in [7, 11) is 1.71. The van der Waals surface area contributed by atoms with Crippen molar-refractivity contribution in [3.63, 3.8) is 0 Å². The molecule has 27 heavy (non-hydrogen) atoms. The molecule has 0 N–H and O–H groups in total. The second-order valence-electron chi connectivity index (χ2n) is 7.19. The number of ether oxygens (including phenoxy) is 1. The van der Waals surface area contributed by atoms with Crippen LogP contribution in [0.1, 0.15) is 22.4 Å². The summed E-state index contributed by atoms with van der Waals surface area (Å²) < 4.78 is 5.42. The van der Waals surface area contributed by atoms with Crippen LogP contribution in [0.2, 0.25) is 0 Å². The molecule has 1 aliphatic carbocycles. The second kappa shape index (κ2) is 6.50. The molecule has 0 amide bonds. The van der Waals surface area contributed by atoms with Gasteiger partial charge in [-0.2, -0.15) is 0 Å². The van der Waals surface area contributed by atoms with Crippen LogP contribution < -0.4 is 4.74 Å². The Morgan fingerprint density at radius 2 is 1.81 bits per heavy atom. The van der Waals surface area contributed by atoms with E-state index in [2.05, 4.69) is 49.4 Å². The number of hydrogen-bond acceptors (Lipinski definition) is 3. The van der Waals surface area contributed by atoms with E-state index < -0.39 is 0 Å². The minimum Gasteiger partial charge on any atom is -0.497 e. The van der Waals surface area contributed by atoms with Crippen LogP contribution in [-0.4, -0.2) is 12.1 Å². The Hall–Kier alpha value is -2.65. The van der Waals surface area contributed by atoms with Crippen molar-refractivity contribution in [1.82, 2.24) is 4.98 Å². The molecule has 0 spiro atoms. The summed E-state index contributed by atoms with van der Waals surface area (Å²) in [5.74, 6) is 0.861. The Kier molecular flexibility index (Phi) is 3.98. The van der Waals surface area contributed by atoms with Gasteiger partial charge in [-0.1, -0.05) is 42.0 Å². The number of pyridine rings is 1. The first kappa shape index (κ1) is 16.5. The molecule has 0 atom stereocenters. The fraction of sp³-hybridized carbons (Fsp3) is 0.208. The molecule has 2 aromatic carbocycles. The van der Waals surface area contributed by atoms with E-state index in [1.807, 2.05) is 23.5 Å². The van der Waals surface area contributed by atoms with Gasteiger partial charge < -0.3 is 4.74 Å². The highest BCUT2D eigenvalue weighted by Crippen LogP contribution is 2.43. The van der Waals surface area contributed by atoms with E-state index in [0.717, 1.165) is 21.8 Å². The molecule has 0 saturated carbocycles. The Morgan fingerprint density at radius 1 is 0.963 bits per heavy atom. The van der Waals surface area contributed by atoms with Crippen molar-refractivity contribution >= 4 is 21.6 Å². The van der Waals surface area contributed by atoms with Crippen LogP contribution >= 0.6 is 11.3 Å². The molecule has 2 nitrogen and oxygen atoms in total. The Bertz CT molecular complexity index is 1140. The van der Waals surface area contributed by atoms with Gasteiger partial charge in [0.2, 0.25) is 0 Å². The van der Waals surface area contributed by atoms with E-state index in [0.29, 0.717) is 0 Å². The standard InChI is InChI=1S/C24H21NOS/c1-15-9-11-16(12-10-15)20-14-21(17-5-3-6-18(13-17)26-2)25-24-23(20)19-7-4-8-22(19)27-24/h3,5-6,9-14H,4,7-8H2,1-2H3. The van der Waals surface area contributed by atoms with Crippen LogP contribution in [-0.2, 0) is 12.8 Å². The number of aryl methyl sites for hydroxylation is 3. The first-order chi connectivity index (χ1) is 13.2. The fourth-order valence-electron chi connectivity index (χ4n) is 3.99. The largest absolute Gasteiger partial charge is 0.497 e. The highest BCUT2D eigenvalue weighted by atomic mass is 32.1. The Morgan fingerprint density at radius 3 is 2.63 bits per heavy atom. The van der Waals surface area contributed by atoms with Gasteiger partial charge in [-0.05, 0) is 61.1 Å². The number of hydrogen-bond donors (Lipinski definition) is 0. The van der Waals surface area contributed by atoms with E-state index in [-0.39, 0.29) is 0 Å². The van der Waals surface area contributed by atoms with Crippen LogP contribution in [0.4, 0.5) is 0 Å². The van der Waals surface area contributed by atoms with Gasteiger partial charge in [-0.3, -0.25) is 0 Å². The van der Waals surface area contributed by atoms with Crippen LogP contribution in [0.25, 0.3) is 32.6 Å². The summed E-state index contributed by atoms with van der Waals surface area (Å²) in [5.41, 5.74) is 7.49. The van der Waals surface area contributed by atoms with Crippen LogP contribution in [0.15, 0.2) is 54.6 Å². The molecule has 0 saturated heterocycles. The Balaban J connectivity index is 1.78. The van der Waals surface area contributed by atoms with E-state index in [1.165, 1.54) is 51.8 Å². The van der Waals surface area contributed by atoms with Crippen molar-refractivity contribution in [2.24, 2.45) is 0 Å². The monoisotopic (exact) mass is 371 g/mol. The van der Waals surface area contributed by atoms with E-state index >= 15 is 0 Å². The smallest absolute Gasteiger partial charge is 0.125 e. The number of thiophene rings is 1. The molecule has 2 aromatic heterocycles. The Labute approximate surface area is 163 Å². The van der Waals surface area contributed by atoms with Crippen LogP contribution in [0.5, 0.6) is 5.75 Å². The predicted octanol–water partition coefficient (Wildman–Crippen LogP) is 6.44. The van der Waals surface area contributed by atoms with Gasteiger partial charge in [0.15, 0.2) is 0 Å². The maximum atomic E-state index is 5.42. The molecule has 0 fully saturated rings. The van der Waals surface area contributed by atoms with E-state index in [4.69, 9.17) is 9.72 Å². The molecule has 2 heterocycles. The normalized spacial score (nSPS) is 13.1. The van der Waals surface area contributed by atoms with Crippen molar-refractivity contribution in [2.45, 2.75) is 26.2 Å². The van der Waals surface area contributed by atoms with E-state index in [1.54, 1.807) is 7.11 Å². The van der Waals surface area contributed by atoms with Crippen molar-refractivity contribution in [2.75, 3.05) is 7.11 Å². The topological polar surface area (TPSA) is 22.1 Å². The first-order valence-electron chi connectivity index (χ1n) is 9.40. The lowest BCUT2D eigenvalue weighted by molar-refractivity contribution is 0.415. The number of rotatable bonds is 3. The SMILES string of the molecule is COc1cccc(-c2cc(-c3ccc(C)cc3)c3c4c(sc3n2)CCC4)c1. The average Bonchev–Trinajstić information content (AvgIpc) is 3.29. The third-order valence-corrected chi connectivity index (χ3v) is 6.59. The fourth-order valence-corrected chi connectivity index (χ4v) is 5.27. The second-order valence-corrected chi connectivity index (χ2v) is 8.27. The van der Waals surface area contributed by atoms with Crippen LogP contribution in [0, 0.1) is 6.92 Å². The molecule has 5 rings (SSSR count). The summed E-state index contributed by atoms with van der Waals surface area (Å²) in [6.45, 7) is 2.13. The van der Waals surface area contributed by atoms with Crippen molar-refractivity contribution < 1.29 is 4.74 Å². The third kappa shape index (κ3) is 2.83. The lowest BCUT2D eigenvalue weighted by Crippen LogP contribution is -1.90. The van der Waals surface area contributed by atoms with Gasteiger partial charge in [-0.15, -0.1) is 11.3 Å². The number of benzene rings is 2. The highest BCUT2D eigenvalue weighted by molar-refractivity contribution is 7.19. The maximum absolute atomic E-state index is 5.42. The zero-order valence-electron chi connectivity index (χ0n) is 15.6. The van der Waals surface area contributed by atoms with Gasteiger partial charge in [0, 0.05) is 15.8 Å². The molecule has 0 radical (unpaired) electrons. The van der Waals surface area contributed by atoms with Gasteiger partial charge in [0.05, 0.1) is 12.8 Å². The van der Waals surface area contributed by atoms with Crippen LogP contribution in [0.3, 0.4) is 0 Å². The molecule has 4 aromatic rings. The zero-order chi connectivity index (χ0) is 18.4. The van der Waals surface area contributed by atoms with Crippen molar-refractivity contribution in [3.05, 3.63) is 70.6 Å². The van der Waals surface area contributed by atoms with Gasteiger partial charge >= 0.3 is 0 Å². The van der Waals surface area contributed by atoms with Gasteiger partial charge in [0.25, 0.3) is 0 Å². The third-order valence-electron chi connectivity index (χ3n) is 5.40. The average molecular weight is 372 g/mol. The summed E-state index contributed by atoms with van der Waals surface area (Å²) in [6, 6.07) is 19.3. The summed E-state index contributed by atoms with van der Waals surface area (Å²) >= 11 is 1.87. The molecule has 134 valence electrons. The first-order valence-corrected chi connectivity index (χ1v) is 10.2. The van der Waals surface area contributed by atoms with Gasteiger partial charge in [-0.25, -0.2) is 4.98 Å². The lowest BCUT2D eigenvalue weighted by Gasteiger charge is -2.10. The maximum Gasteiger partial charge on any atom is 0.125 e. The number of methoxy groups -OCH3 is 1. The molecular formula is C24H21NOS. The van der Waals surface area contributed by atoms with Crippen molar-refractivity contribution in [1.29, 1.82) is 0 Å². The highest BCUT2D eigenvalue weighted by Gasteiger charge is 2.22. The van der Waals surface area contributed by atoms with Crippen molar-refractivity contribution in [3.8, 4) is 28.1 Å². The summed E-state index contributed by atoms with van der Waals surface area (Å²) in [6.07, 6.45) is 3.63. The molecular weight excluding hydrogens is 350 g/mol. The predicted molar refractivity (Wildman–Crippen MR) is 114 cm³/mol.